The van der Waals surface area contributed by atoms with Gasteiger partial charge >= 0.3 is 12.0 Å². The van der Waals surface area contributed by atoms with Crippen molar-refractivity contribution in [3.05, 3.63) is 16.0 Å². The summed E-state index contributed by atoms with van der Waals surface area (Å²) in [6, 6.07) is 0.0513. The molecule has 1 saturated heterocycles. The van der Waals surface area contributed by atoms with Crippen molar-refractivity contribution >= 4 is 28.3 Å². The smallest absolute Gasteiger partial charge is 0.338 e. The Labute approximate surface area is 129 Å². The predicted molar refractivity (Wildman–Crippen MR) is 84.3 cm³/mol. The first-order valence-corrected chi connectivity index (χ1v) is 8.05. The molecule has 1 aliphatic heterocycles. The van der Waals surface area contributed by atoms with E-state index in [4.69, 9.17) is 0 Å². The third-order valence-corrected chi connectivity index (χ3v) is 5.27. The monoisotopic (exact) mass is 310 g/mol. The van der Waals surface area contributed by atoms with E-state index in [1.54, 1.807) is 6.92 Å². The second kappa shape index (κ2) is 6.05. The van der Waals surface area contributed by atoms with Gasteiger partial charge in [0.15, 0.2) is 0 Å². The molecule has 1 aromatic heterocycles. The largest absolute Gasteiger partial charge is 0.478 e. The van der Waals surface area contributed by atoms with Crippen LogP contribution in [0.25, 0.3) is 0 Å². The lowest BCUT2D eigenvalue weighted by Gasteiger charge is -2.27. The van der Waals surface area contributed by atoms with Gasteiger partial charge in [0, 0.05) is 17.5 Å². The summed E-state index contributed by atoms with van der Waals surface area (Å²) in [7, 11) is 0. The van der Waals surface area contributed by atoms with Gasteiger partial charge in [-0.15, -0.1) is 11.3 Å². The maximum Gasteiger partial charge on any atom is 0.338 e. The van der Waals surface area contributed by atoms with Gasteiger partial charge < -0.3 is 10.0 Å². The van der Waals surface area contributed by atoms with Crippen molar-refractivity contribution in [2.24, 2.45) is 5.92 Å². The molecule has 2 N–H and O–H groups in total. The number of rotatable bonds is 3. The molecular formula is C15H22N2O3S. The van der Waals surface area contributed by atoms with E-state index >= 15 is 0 Å². The number of likely N-dealkylation sites (tertiary alicyclic amines) is 1. The maximum absolute atomic E-state index is 12.5. The van der Waals surface area contributed by atoms with Gasteiger partial charge in [0.1, 0.15) is 5.00 Å². The number of thiophene rings is 1. The van der Waals surface area contributed by atoms with Crippen molar-refractivity contribution in [1.82, 2.24) is 4.90 Å². The SMILES string of the molecule is Cc1sc(NC(=O)N2CCCC2C(C)C)c(C(=O)O)c1C. The number of hydrogen-bond acceptors (Lipinski definition) is 3. The minimum absolute atomic E-state index is 0.185. The molecule has 116 valence electrons. The standard InChI is InChI=1S/C15H22N2O3S/c1-8(2)11-6-5-7-17(11)15(20)16-13-12(14(18)19)9(3)10(4)21-13/h8,11H,5-7H2,1-4H3,(H,16,20)(H,18,19). The lowest BCUT2D eigenvalue weighted by Crippen LogP contribution is -2.41. The molecule has 2 rings (SSSR count). The van der Waals surface area contributed by atoms with Gasteiger partial charge in [-0.1, -0.05) is 13.8 Å². The molecule has 0 spiro atoms. The summed E-state index contributed by atoms with van der Waals surface area (Å²) in [5.41, 5.74) is 0.941. The average Bonchev–Trinajstić information content (AvgIpc) is 2.95. The normalized spacial score (nSPS) is 18.3. The van der Waals surface area contributed by atoms with Crippen molar-refractivity contribution in [3.8, 4) is 0 Å². The highest BCUT2D eigenvalue weighted by Crippen LogP contribution is 2.33. The number of anilines is 1. The molecule has 5 nitrogen and oxygen atoms in total. The van der Waals surface area contributed by atoms with Crippen LogP contribution in [-0.4, -0.2) is 34.6 Å². The van der Waals surface area contributed by atoms with E-state index in [0.717, 1.165) is 29.8 Å². The van der Waals surface area contributed by atoms with Crippen molar-refractivity contribution in [2.75, 3.05) is 11.9 Å². The van der Waals surface area contributed by atoms with Crippen LogP contribution < -0.4 is 5.32 Å². The van der Waals surface area contributed by atoms with Gasteiger partial charge in [-0.3, -0.25) is 5.32 Å². The van der Waals surface area contributed by atoms with Crippen LogP contribution >= 0.6 is 11.3 Å². The van der Waals surface area contributed by atoms with Crippen molar-refractivity contribution in [1.29, 1.82) is 0 Å². The molecule has 2 amide bonds. The zero-order valence-electron chi connectivity index (χ0n) is 12.9. The number of nitrogens with zero attached hydrogens (tertiary/aromatic N) is 1. The molecular weight excluding hydrogens is 288 g/mol. The number of nitrogens with one attached hydrogen (secondary N) is 1. The first-order chi connectivity index (χ1) is 9.82. The molecule has 6 heteroatoms. The summed E-state index contributed by atoms with van der Waals surface area (Å²) in [6.45, 7) is 8.60. The molecule has 1 aliphatic rings. The summed E-state index contributed by atoms with van der Waals surface area (Å²) in [4.78, 5) is 26.6. The van der Waals surface area contributed by atoms with E-state index in [9.17, 15) is 14.7 Å². The van der Waals surface area contributed by atoms with Crippen molar-refractivity contribution in [2.45, 2.75) is 46.6 Å². The Morgan fingerprint density at radius 2 is 2.05 bits per heavy atom. The van der Waals surface area contributed by atoms with Crippen LogP contribution in [-0.2, 0) is 0 Å². The molecule has 1 atom stereocenters. The van der Waals surface area contributed by atoms with E-state index in [2.05, 4.69) is 19.2 Å². The fourth-order valence-electron chi connectivity index (χ4n) is 2.88. The minimum Gasteiger partial charge on any atom is -0.478 e. The Bertz CT molecular complexity index is 566. The first kappa shape index (κ1) is 15.8. The second-order valence-electron chi connectivity index (χ2n) is 5.87. The summed E-state index contributed by atoms with van der Waals surface area (Å²) >= 11 is 1.33. The maximum atomic E-state index is 12.5. The molecule has 0 aliphatic carbocycles. The van der Waals surface area contributed by atoms with Gasteiger partial charge in [-0.25, -0.2) is 9.59 Å². The Hall–Kier alpha value is -1.56. The van der Waals surface area contributed by atoms with E-state index < -0.39 is 5.97 Å². The van der Waals surface area contributed by atoms with Gasteiger partial charge in [0.2, 0.25) is 0 Å². The molecule has 1 aromatic rings. The topological polar surface area (TPSA) is 69.6 Å². The number of hydrogen-bond donors (Lipinski definition) is 2. The molecule has 21 heavy (non-hydrogen) atoms. The second-order valence-corrected chi connectivity index (χ2v) is 7.09. The minimum atomic E-state index is -0.992. The Morgan fingerprint density at radius 3 is 2.62 bits per heavy atom. The molecule has 1 unspecified atom stereocenters. The molecule has 1 fully saturated rings. The van der Waals surface area contributed by atoms with Gasteiger partial charge in [-0.05, 0) is 38.2 Å². The third kappa shape index (κ3) is 3.05. The third-order valence-electron chi connectivity index (χ3n) is 4.15. The van der Waals surface area contributed by atoms with Crippen LogP contribution in [0.5, 0.6) is 0 Å². The number of urea groups is 1. The number of carbonyl (C=O) groups excluding carboxylic acids is 1. The highest BCUT2D eigenvalue weighted by molar-refractivity contribution is 7.16. The number of aromatic carboxylic acids is 1. The molecule has 0 radical (unpaired) electrons. The molecule has 2 heterocycles. The van der Waals surface area contributed by atoms with Gasteiger partial charge in [-0.2, -0.15) is 0 Å². The summed E-state index contributed by atoms with van der Waals surface area (Å²) in [5, 5.41) is 12.6. The number of aryl methyl sites for hydroxylation is 1. The fourth-order valence-corrected chi connectivity index (χ4v) is 3.92. The van der Waals surface area contributed by atoms with E-state index in [1.807, 2.05) is 11.8 Å². The molecule has 0 aromatic carbocycles. The van der Waals surface area contributed by atoms with Gasteiger partial charge in [0.05, 0.1) is 5.56 Å². The van der Waals surface area contributed by atoms with Crippen LogP contribution in [0.1, 0.15) is 47.5 Å². The number of carboxylic acid groups (broad SMARTS) is 1. The Kier molecular flexibility index (Phi) is 4.56. The highest BCUT2D eigenvalue weighted by Gasteiger charge is 2.32. The average molecular weight is 310 g/mol. The quantitative estimate of drug-likeness (QED) is 0.894. The lowest BCUT2D eigenvalue weighted by atomic mass is 10.0. The Morgan fingerprint density at radius 1 is 1.38 bits per heavy atom. The molecule has 0 saturated carbocycles. The van der Waals surface area contributed by atoms with Crippen LogP contribution in [0.15, 0.2) is 0 Å². The van der Waals surface area contributed by atoms with Gasteiger partial charge in [0.25, 0.3) is 0 Å². The lowest BCUT2D eigenvalue weighted by molar-refractivity contribution is 0.0697. The van der Waals surface area contributed by atoms with Crippen LogP contribution in [0.2, 0.25) is 0 Å². The number of carbonyl (C=O) groups is 2. The van der Waals surface area contributed by atoms with Crippen LogP contribution in [0, 0.1) is 19.8 Å². The van der Waals surface area contributed by atoms with E-state index in [-0.39, 0.29) is 17.6 Å². The van der Waals surface area contributed by atoms with Crippen molar-refractivity contribution in [3.63, 3.8) is 0 Å². The summed E-state index contributed by atoms with van der Waals surface area (Å²) < 4.78 is 0. The van der Waals surface area contributed by atoms with Crippen LogP contribution in [0.4, 0.5) is 9.80 Å². The predicted octanol–water partition coefficient (Wildman–Crippen LogP) is 3.72. The summed E-state index contributed by atoms with van der Waals surface area (Å²) in [6.07, 6.45) is 2.02. The number of carboxylic acids is 1. The highest BCUT2D eigenvalue weighted by atomic mass is 32.1. The zero-order valence-corrected chi connectivity index (χ0v) is 13.7. The number of amides is 2. The van der Waals surface area contributed by atoms with E-state index in [0.29, 0.717) is 10.9 Å². The van der Waals surface area contributed by atoms with E-state index in [1.165, 1.54) is 11.3 Å². The van der Waals surface area contributed by atoms with Crippen molar-refractivity contribution < 1.29 is 14.7 Å². The van der Waals surface area contributed by atoms with Crippen LogP contribution in [0.3, 0.4) is 0 Å². The molecule has 0 bridgehead atoms. The zero-order chi connectivity index (χ0) is 15.7. The Balaban J connectivity index is 2.20. The first-order valence-electron chi connectivity index (χ1n) is 7.23. The fraction of sp³-hybridized carbons (Fsp3) is 0.600. The summed E-state index contributed by atoms with van der Waals surface area (Å²) in [5.74, 6) is -0.585.